The molecule has 2 N–H and O–H groups in total. The van der Waals surface area contributed by atoms with Crippen molar-refractivity contribution in [1.82, 2.24) is 19.9 Å². The summed E-state index contributed by atoms with van der Waals surface area (Å²) in [5.41, 5.74) is 4.00. The highest BCUT2D eigenvalue weighted by molar-refractivity contribution is 6.59. The molecule has 60 heavy (non-hydrogen) atoms. The zero-order valence-electron chi connectivity index (χ0n) is 32.8. The summed E-state index contributed by atoms with van der Waals surface area (Å²) in [6.07, 6.45) is 3.41. The lowest BCUT2D eigenvalue weighted by Crippen LogP contribution is -2.32. The second kappa shape index (κ2) is 21.8. The van der Waals surface area contributed by atoms with E-state index in [1.807, 2.05) is 0 Å². The van der Waals surface area contributed by atoms with E-state index in [0.717, 1.165) is 17.7 Å². The monoisotopic (exact) mass is 846 g/mol. The topological polar surface area (TPSA) is 215 Å². The molecule has 0 radical (unpaired) electrons. The molecule has 0 aliphatic rings. The summed E-state index contributed by atoms with van der Waals surface area (Å²) in [6.45, 7) is 3.55. The van der Waals surface area contributed by atoms with Gasteiger partial charge in [-0.25, -0.2) is 28.7 Å². The summed E-state index contributed by atoms with van der Waals surface area (Å²) in [4.78, 5) is 37.4. The Labute approximate surface area is 347 Å². The van der Waals surface area contributed by atoms with Gasteiger partial charge >= 0.3 is 18.5 Å². The molecular formula is C40H38BClF2N6O10. The van der Waals surface area contributed by atoms with Crippen molar-refractivity contribution < 1.29 is 47.6 Å². The summed E-state index contributed by atoms with van der Waals surface area (Å²) in [6, 6.07) is 20.7. The summed E-state index contributed by atoms with van der Waals surface area (Å²) in [7, 11) is 2.59. The van der Waals surface area contributed by atoms with Gasteiger partial charge in [-0.15, -0.1) is 0 Å². The number of methoxy groups -OCH3 is 3. The molecule has 2 heterocycles. The van der Waals surface area contributed by atoms with Crippen molar-refractivity contribution in [2.45, 2.75) is 32.8 Å². The lowest BCUT2D eigenvalue weighted by atomic mass is 9.79. The maximum Gasteiger partial charge on any atom is 0.492 e. The van der Waals surface area contributed by atoms with Gasteiger partial charge in [-0.3, -0.25) is 20.2 Å². The van der Waals surface area contributed by atoms with E-state index in [9.17, 15) is 29.0 Å². The minimum absolute atomic E-state index is 0.0693. The van der Waals surface area contributed by atoms with Crippen LogP contribution in [0.4, 0.5) is 20.2 Å². The van der Waals surface area contributed by atoms with Crippen LogP contribution in [0, 0.1) is 31.9 Å². The normalized spacial score (nSPS) is 10.4. The van der Waals surface area contributed by atoms with Gasteiger partial charge in [0.25, 0.3) is 0 Å². The van der Waals surface area contributed by atoms with Gasteiger partial charge in [-0.1, -0.05) is 29.8 Å². The molecule has 0 saturated heterocycles. The van der Waals surface area contributed by atoms with Crippen LogP contribution in [0.15, 0.2) is 97.6 Å². The van der Waals surface area contributed by atoms with Gasteiger partial charge in [0.15, 0.2) is 11.5 Å². The molecule has 0 amide bonds. The van der Waals surface area contributed by atoms with Crippen molar-refractivity contribution in [3.05, 3.63) is 157 Å². The number of nitrogens with zero attached hydrogens (tertiary/aromatic N) is 6. The number of hydrogen-bond donors (Lipinski definition) is 2. The number of ether oxygens (including phenoxy) is 4. The molecular weight excluding hydrogens is 809 g/mol. The van der Waals surface area contributed by atoms with Crippen molar-refractivity contribution in [3.8, 4) is 34.3 Å². The first-order valence-electron chi connectivity index (χ1n) is 17.7. The van der Waals surface area contributed by atoms with Gasteiger partial charge in [0.1, 0.15) is 40.9 Å². The molecule has 2 aromatic heterocycles. The molecule has 0 aliphatic carbocycles. The van der Waals surface area contributed by atoms with E-state index >= 15 is 0 Å². The summed E-state index contributed by atoms with van der Waals surface area (Å²) in [5, 5.41) is 40.4. The van der Waals surface area contributed by atoms with Crippen LogP contribution in [0.1, 0.15) is 36.4 Å². The molecule has 4 aromatic carbocycles. The fourth-order valence-electron chi connectivity index (χ4n) is 5.46. The summed E-state index contributed by atoms with van der Waals surface area (Å²) in [5.74, 6) is 0.0767. The lowest BCUT2D eigenvalue weighted by molar-refractivity contribution is -0.385. The van der Waals surface area contributed by atoms with Gasteiger partial charge in [0.2, 0.25) is 0 Å². The molecule has 0 spiro atoms. The molecule has 0 fully saturated rings. The number of nitro groups is 2. The number of halogens is 3. The highest BCUT2D eigenvalue weighted by Crippen LogP contribution is 2.32. The maximum atomic E-state index is 13.4. The molecule has 6 rings (SSSR count). The Morgan fingerprint density at radius 2 is 1.17 bits per heavy atom. The Morgan fingerprint density at radius 1 is 0.667 bits per heavy atom. The minimum Gasteiger partial charge on any atom is -0.496 e. The number of nitro benzene ring substituents is 2. The van der Waals surface area contributed by atoms with E-state index in [2.05, 4.69) is 19.9 Å². The zero-order valence-corrected chi connectivity index (χ0v) is 33.5. The Morgan fingerprint density at radius 3 is 1.65 bits per heavy atom. The van der Waals surface area contributed by atoms with E-state index in [1.165, 1.54) is 64.3 Å². The number of rotatable bonds is 13. The quantitative estimate of drug-likeness (QED) is 0.0534. The van der Waals surface area contributed by atoms with E-state index < -0.39 is 28.6 Å². The third kappa shape index (κ3) is 13.1. The van der Waals surface area contributed by atoms with Crippen LogP contribution < -0.4 is 24.4 Å². The lowest BCUT2D eigenvalue weighted by Gasteiger charge is -2.13. The van der Waals surface area contributed by atoms with E-state index in [-0.39, 0.29) is 40.2 Å². The minimum atomic E-state index is -1.65. The van der Waals surface area contributed by atoms with Crippen molar-refractivity contribution in [1.29, 1.82) is 0 Å². The van der Waals surface area contributed by atoms with Gasteiger partial charge in [0.05, 0.1) is 43.0 Å². The third-order valence-corrected chi connectivity index (χ3v) is 8.33. The van der Waals surface area contributed by atoms with Crippen LogP contribution in [0.3, 0.4) is 0 Å². The molecule has 0 unspecified atom stereocenters. The molecule has 0 aliphatic heterocycles. The van der Waals surface area contributed by atoms with Gasteiger partial charge in [-0.2, -0.15) is 0 Å². The Balaban J connectivity index is 0.000000211. The molecule has 0 saturated carbocycles. The summed E-state index contributed by atoms with van der Waals surface area (Å²) < 4.78 is 46.6. The second-order valence-corrected chi connectivity index (χ2v) is 13.1. The average molecular weight is 847 g/mol. The fraction of sp³-hybridized carbons (Fsp3) is 0.200. The van der Waals surface area contributed by atoms with E-state index in [1.54, 1.807) is 56.3 Å². The maximum absolute atomic E-state index is 13.4. The van der Waals surface area contributed by atoms with Crippen molar-refractivity contribution >= 4 is 35.6 Å². The van der Waals surface area contributed by atoms with Crippen LogP contribution in [-0.4, -0.2) is 74.4 Å². The Bertz CT molecular complexity index is 2430. The Hall–Kier alpha value is -6.83. The molecule has 16 nitrogen and oxygen atoms in total. The predicted molar refractivity (Wildman–Crippen MR) is 218 cm³/mol. The smallest absolute Gasteiger partial charge is 0.492 e. The van der Waals surface area contributed by atoms with Crippen LogP contribution in [0.25, 0.3) is 11.3 Å². The Kier molecular flexibility index (Phi) is 16.7. The van der Waals surface area contributed by atoms with E-state index in [0.29, 0.717) is 52.0 Å². The second-order valence-electron chi connectivity index (χ2n) is 12.7. The van der Waals surface area contributed by atoms with Gasteiger partial charge < -0.3 is 29.0 Å². The van der Waals surface area contributed by atoms with Crippen molar-refractivity contribution in [3.63, 3.8) is 0 Å². The summed E-state index contributed by atoms with van der Waals surface area (Å²) >= 11 is 5.76. The van der Waals surface area contributed by atoms with E-state index in [4.69, 9.17) is 40.6 Å². The zero-order chi connectivity index (χ0) is 43.9. The van der Waals surface area contributed by atoms with Crippen molar-refractivity contribution in [2.75, 3.05) is 21.3 Å². The van der Waals surface area contributed by atoms with Crippen LogP contribution in [0.2, 0.25) is 5.15 Å². The number of hydrogen-bond acceptors (Lipinski definition) is 14. The predicted octanol–water partition coefficient (Wildman–Crippen LogP) is 6.73. The highest BCUT2D eigenvalue weighted by atomic mass is 35.5. The molecule has 0 atom stereocenters. The first-order valence-corrected chi connectivity index (χ1v) is 18.1. The highest BCUT2D eigenvalue weighted by Gasteiger charge is 2.19. The number of aromatic nitrogens is 4. The molecule has 312 valence electrons. The van der Waals surface area contributed by atoms with Crippen LogP contribution in [0.5, 0.6) is 23.0 Å². The molecule has 20 heteroatoms. The SMILES string of the molecule is CC(C)Oc1cc(F)ccc1B(O)O.COc1cc(F)ccc1-c1cc(Cc2ccc(OC)c([N+](=O)[O-])c2)ncn1.COc1ccc(Cc2cc(Cl)ncn2)cc1[N+](=O)[O-]. The van der Waals surface area contributed by atoms with Crippen LogP contribution >= 0.6 is 11.6 Å². The molecule has 0 bridgehead atoms. The largest absolute Gasteiger partial charge is 0.496 e. The first-order chi connectivity index (χ1) is 28.6. The number of benzene rings is 4. The van der Waals surface area contributed by atoms with Crippen molar-refractivity contribution in [2.24, 2.45) is 0 Å². The third-order valence-electron chi connectivity index (χ3n) is 8.12. The fourth-order valence-corrected chi connectivity index (χ4v) is 5.63. The molecule has 6 aromatic rings. The average Bonchev–Trinajstić information content (AvgIpc) is 3.21. The van der Waals surface area contributed by atoms with Crippen LogP contribution in [-0.2, 0) is 12.8 Å². The van der Waals surface area contributed by atoms with Gasteiger partial charge in [0, 0.05) is 59.5 Å². The first kappa shape index (κ1) is 45.9. The van der Waals surface area contributed by atoms with Gasteiger partial charge in [-0.05, 0) is 67.4 Å². The standard InChI is InChI=1S/C19H16FN3O4.C12H10ClN3O3.C9H12BFO3/c1-26-18-6-3-12(8-17(18)23(24)25)7-14-10-16(22-11-21-14)15-5-4-13(20)9-19(15)27-2;1-19-11-3-2-8(5-10(11)16(17)18)4-9-6-12(13)15-7-14-9;1-6(2)14-9-5-7(11)3-4-8(9)10(12)13/h3-6,8-11H,7H2,1-2H3;2-3,5-7H,4H2,1H3;3-6,12-13H,1-2H3.